The monoisotopic (exact) mass is 284 g/mol. The van der Waals surface area contributed by atoms with Crippen LogP contribution in [-0.2, 0) is 18.8 Å². The summed E-state index contributed by atoms with van der Waals surface area (Å²) in [6, 6.07) is 16.9. The molecule has 0 saturated carbocycles. The lowest BCUT2D eigenvalue weighted by Crippen LogP contribution is -2.03. The second-order valence-electron chi connectivity index (χ2n) is 4.91. The Hall–Kier alpha value is -1.80. The third-order valence-corrected chi connectivity index (χ3v) is 3.86. The van der Waals surface area contributed by atoms with Crippen molar-refractivity contribution in [3.8, 4) is 0 Å². The van der Waals surface area contributed by atoms with Gasteiger partial charge >= 0.3 is 0 Å². The average molecular weight is 285 g/mol. The van der Waals surface area contributed by atoms with Crippen LogP contribution in [0.25, 0.3) is 11.0 Å². The first kappa shape index (κ1) is 13.2. The van der Waals surface area contributed by atoms with Crippen molar-refractivity contribution in [1.82, 2.24) is 9.55 Å². The van der Waals surface area contributed by atoms with E-state index >= 15 is 0 Å². The highest BCUT2D eigenvalue weighted by molar-refractivity contribution is 6.16. The molecule has 20 heavy (non-hydrogen) atoms. The minimum Gasteiger partial charge on any atom is -0.322 e. The molecule has 0 fully saturated rings. The van der Waals surface area contributed by atoms with Gasteiger partial charge in [-0.1, -0.05) is 43.3 Å². The second kappa shape index (κ2) is 5.68. The van der Waals surface area contributed by atoms with Gasteiger partial charge in [0.2, 0.25) is 0 Å². The van der Waals surface area contributed by atoms with Crippen LogP contribution in [0.3, 0.4) is 0 Å². The van der Waals surface area contributed by atoms with Crippen LogP contribution in [-0.4, -0.2) is 9.55 Å². The summed E-state index contributed by atoms with van der Waals surface area (Å²) in [5, 5.41) is 0. The highest BCUT2D eigenvalue weighted by Crippen LogP contribution is 2.19. The van der Waals surface area contributed by atoms with Crippen LogP contribution < -0.4 is 0 Å². The average Bonchev–Trinajstić information content (AvgIpc) is 2.86. The van der Waals surface area contributed by atoms with Crippen LogP contribution in [0.1, 0.15) is 23.9 Å². The standard InChI is InChI=1S/C17H17ClN2/c1-2-13-7-9-14(10-8-13)12-20-16-6-4-3-5-15(16)19-17(20)11-18/h3-10H,2,11-12H2,1H3. The summed E-state index contributed by atoms with van der Waals surface area (Å²) in [7, 11) is 0. The molecule has 3 aromatic rings. The smallest absolute Gasteiger partial charge is 0.125 e. The number of benzene rings is 2. The molecule has 0 bridgehead atoms. The number of alkyl halides is 1. The fourth-order valence-electron chi connectivity index (χ4n) is 2.47. The van der Waals surface area contributed by atoms with Gasteiger partial charge in [-0.25, -0.2) is 4.98 Å². The van der Waals surface area contributed by atoms with Crippen LogP contribution in [0.15, 0.2) is 48.5 Å². The van der Waals surface area contributed by atoms with Gasteiger partial charge in [0.15, 0.2) is 0 Å². The van der Waals surface area contributed by atoms with Crippen LogP contribution in [0, 0.1) is 0 Å². The van der Waals surface area contributed by atoms with E-state index in [0.29, 0.717) is 5.88 Å². The minimum atomic E-state index is 0.432. The molecule has 0 amide bonds. The van der Waals surface area contributed by atoms with Crippen molar-refractivity contribution in [1.29, 1.82) is 0 Å². The molecule has 0 N–H and O–H groups in total. The van der Waals surface area contributed by atoms with Crippen molar-refractivity contribution in [3.63, 3.8) is 0 Å². The third kappa shape index (κ3) is 2.44. The molecule has 1 heterocycles. The second-order valence-corrected chi connectivity index (χ2v) is 5.17. The molecule has 0 radical (unpaired) electrons. The van der Waals surface area contributed by atoms with Gasteiger partial charge < -0.3 is 4.57 Å². The predicted molar refractivity (Wildman–Crippen MR) is 84.2 cm³/mol. The number of hydrogen-bond acceptors (Lipinski definition) is 1. The maximum Gasteiger partial charge on any atom is 0.125 e. The first-order valence-corrected chi connectivity index (χ1v) is 7.43. The van der Waals surface area contributed by atoms with Crippen molar-refractivity contribution < 1.29 is 0 Å². The van der Waals surface area contributed by atoms with E-state index in [9.17, 15) is 0 Å². The van der Waals surface area contributed by atoms with E-state index in [1.807, 2.05) is 18.2 Å². The number of fused-ring (bicyclic) bond motifs is 1. The quantitative estimate of drug-likeness (QED) is 0.650. The zero-order valence-corrected chi connectivity index (χ0v) is 12.3. The van der Waals surface area contributed by atoms with Crippen molar-refractivity contribution in [2.45, 2.75) is 25.8 Å². The summed E-state index contributed by atoms with van der Waals surface area (Å²) in [5.41, 5.74) is 4.79. The Kier molecular flexibility index (Phi) is 3.75. The number of para-hydroxylation sites is 2. The number of nitrogens with zero attached hydrogens (tertiary/aromatic N) is 2. The SMILES string of the molecule is CCc1ccc(Cn2c(CCl)nc3ccccc32)cc1. The molecule has 2 aromatic carbocycles. The molecule has 1 aromatic heterocycles. The summed E-state index contributed by atoms with van der Waals surface area (Å²) in [6.45, 7) is 2.98. The molecule has 0 saturated heterocycles. The van der Waals surface area contributed by atoms with E-state index in [1.54, 1.807) is 0 Å². The molecular formula is C17H17ClN2. The maximum atomic E-state index is 6.03. The Morgan fingerprint density at radius 1 is 1.00 bits per heavy atom. The van der Waals surface area contributed by atoms with Crippen LogP contribution in [0.5, 0.6) is 0 Å². The van der Waals surface area contributed by atoms with Gasteiger partial charge in [0, 0.05) is 6.54 Å². The number of aromatic nitrogens is 2. The fourth-order valence-corrected chi connectivity index (χ4v) is 2.67. The normalized spacial score (nSPS) is 11.1. The molecule has 0 aliphatic heterocycles. The van der Waals surface area contributed by atoms with Crippen molar-refractivity contribution in [2.24, 2.45) is 0 Å². The summed E-state index contributed by atoms with van der Waals surface area (Å²) < 4.78 is 2.20. The zero-order chi connectivity index (χ0) is 13.9. The molecule has 0 aliphatic rings. The van der Waals surface area contributed by atoms with E-state index in [1.165, 1.54) is 11.1 Å². The molecule has 3 heteroatoms. The van der Waals surface area contributed by atoms with Gasteiger partial charge in [-0.3, -0.25) is 0 Å². The van der Waals surface area contributed by atoms with Crippen molar-refractivity contribution in [2.75, 3.05) is 0 Å². The molecule has 0 aliphatic carbocycles. The van der Waals surface area contributed by atoms with Gasteiger partial charge in [-0.2, -0.15) is 0 Å². The van der Waals surface area contributed by atoms with Crippen LogP contribution in [0.4, 0.5) is 0 Å². The molecule has 2 nitrogen and oxygen atoms in total. The Bertz CT molecular complexity index is 713. The van der Waals surface area contributed by atoms with Crippen molar-refractivity contribution >= 4 is 22.6 Å². The molecular weight excluding hydrogens is 268 g/mol. The molecule has 0 unspecified atom stereocenters. The lowest BCUT2D eigenvalue weighted by Gasteiger charge is -2.08. The number of halogens is 1. The van der Waals surface area contributed by atoms with Crippen molar-refractivity contribution in [3.05, 3.63) is 65.5 Å². The largest absolute Gasteiger partial charge is 0.322 e. The van der Waals surface area contributed by atoms with E-state index in [4.69, 9.17) is 11.6 Å². The molecule has 0 spiro atoms. The summed E-state index contributed by atoms with van der Waals surface area (Å²) in [5.74, 6) is 1.36. The third-order valence-electron chi connectivity index (χ3n) is 3.63. The first-order valence-electron chi connectivity index (χ1n) is 6.89. The Morgan fingerprint density at radius 2 is 1.70 bits per heavy atom. The highest BCUT2D eigenvalue weighted by atomic mass is 35.5. The number of hydrogen-bond donors (Lipinski definition) is 0. The first-order chi connectivity index (χ1) is 9.81. The van der Waals surface area contributed by atoms with E-state index in [0.717, 1.165) is 29.8 Å². The fraction of sp³-hybridized carbons (Fsp3) is 0.235. The minimum absolute atomic E-state index is 0.432. The maximum absolute atomic E-state index is 6.03. The Morgan fingerprint density at radius 3 is 2.40 bits per heavy atom. The molecule has 3 rings (SSSR count). The number of imidazole rings is 1. The molecule has 0 atom stereocenters. The van der Waals surface area contributed by atoms with Gasteiger partial charge in [0.25, 0.3) is 0 Å². The number of aryl methyl sites for hydroxylation is 1. The van der Waals surface area contributed by atoms with Gasteiger partial charge in [0.1, 0.15) is 5.82 Å². The summed E-state index contributed by atoms with van der Waals surface area (Å²) in [6.07, 6.45) is 1.07. The topological polar surface area (TPSA) is 17.8 Å². The lowest BCUT2D eigenvalue weighted by atomic mass is 10.1. The number of rotatable bonds is 4. The summed E-state index contributed by atoms with van der Waals surface area (Å²) >= 11 is 6.03. The van der Waals surface area contributed by atoms with E-state index in [2.05, 4.69) is 46.8 Å². The van der Waals surface area contributed by atoms with Crippen LogP contribution in [0.2, 0.25) is 0 Å². The van der Waals surface area contributed by atoms with Crippen LogP contribution >= 0.6 is 11.6 Å². The van der Waals surface area contributed by atoms with Gasteiger partial charge in [0.05, 0.1) is 16.9 Å². The Labute approximate surface area is 124 Å². The van der Waals surface area contributed by atoms with Gasteiger partial charge in [-0.15, -0.1) is 11.6 Å². The van der Waals surface area contributed by atoms with Gasteiger partial charge in [-0.05, 0) is 29.7 Å². The Balaban J connectivity index is 2.00. The van der Waals surface area contributed by atoms with E-state index < -0.39 is 0 Å². The molecule has 102 valence electrons. The van der Waals surface area contributed by atoms with E-state index in [-0.39, 0.29) is 0 Å². The highest BCUT2D eigenvalue weighted by Gasteiger charge is 2.09. The zero-order valence-electron chi connectivity index (χ0n) is 11.5. The lowest BCUT2D eigenvalue weighted by molar-refractivity contribution is 0.778. The predicted octanol–water partition coefficient (Wildman–Crippen LogP) is 4.39. The summed E-state index contributed by atoms with van der Waals surface area (Å²) in [4.78, 5) is 4.59.